The van der Waals surface area contributed by atoms with E-state index in [1.807, 2.05) is 12.2 Å². The Morgan fingerprint density at radius 3 is 2.88 bits per heavy atom. The number of ether oxygens (including phenoxy) is 1. The molecule has 1 aliphatic rings. The SMILES string of the molecule is COc1ccc(NC(=O)C2C=CC(N)C2)cn1. The van der Waals surface area contributed by atoms with Gasteiger partial charge in [-0.05, 0) is 12.5 Å². The molecule has 2 rings (SSSR count). The predicted octanol–water partition coefficient (Wildman–Crippen LogP) is 0.932. The second-order valence-corrected chi connectivity index (χ2v) is 3.97. The lowest BCUT2D eigenvalue weighted by Crippen LogP contribution is -2.24. The van der Waals surface area contributed by atoms with Crippen LogP contribution in [0.3, 0.4) is 0 Å². The number of amides is 1. The van der Waals surface area contributed by atoms with Crippen LogP contribution in [0.1, 0.15) is 6.42 Å². The third kappa shape index (κ3) is 2.82. The molecule has 0 fully saturated rings. The van der Waals surface area contributed by atoms with Gasteiger partial charge in [0.05, 0.1) is 24.9 Å². The number of carbonyl (C=O) groups excluding carboxylic acids is 1. The Hall–Kier alpha value is -1.88. The van der Waals surface area contributed by atoms with Crippen LogP contribution < -0.4 is 15.8 Å². The summed E-state index contributed by atoms with van der Waals surface area (Å²) in [5.41, 5.74) is 6.36. The molecule has 0 radical (unpaired) electrons. The Labute approximate surface area is 99.7 Å². The molecule has 1 amide bonds. The third-order valence-corrected chi connectivity index (χ3v) is 2.67. The van der Waals surface area contributed by atoms with Gasteiger partial charge in [-0.15, -0.1) is 0 Å². The van der Waals surface area contributed by atoms with Gasteiger partial charge >= 0.3 is 0 Å². The molecule has 0 bridgehead atoms. The Kier molecular flexibility index (Phi) is 3.39. The van der Waals surface area contributed by atoms with Crippen LogP contribution in [0.2, 0.25) is 0 Å². The van der Waals surface area contributed by atoms with Crippen LogP contribution in [0.4, 0.5) is 5.69 Å². The summed E-state index contributed by atoms with van der Waals surface area (Å²) in [7, 11) is 1.55. The zero-order chi connectivity index (χ0) is 12.3. The largest absolute Gasteiger partial charge is 0.481 e. The molecule has 1 aromatic rings. The molecule has 2 atom stereocenters. The fraction of sp³-hybridized carbons (Fsp3) is 0.333. The number of nitrogens with one attached hydrogen (secondary N) is 1. The van der Waals surface area contributed by atoms with Gasteiger partial charge in [0.15, 0.2) is 0 Å². The van der Waals surface area contributed by atoms with Gasteiger partial charge in [-0.2, -0.15) is 0 Å². The van der Waals surface area contributed by atoms with Crippen LogP contribution in [-0.4, -0.2) is 24.0 Å². The van der Waals surface area contributed by atoms with Gasteiger partial charge in [0.25, 0.3) is 0 Å². The van der Waals surface area contributed by atoms with E-state index >= 15 is 0 Å². The highest BCUT2D eigenvalue weighted by atomic mass is 16.5. The molecular weight excluding hydrogens is 218 g/mol. The molecule has 2 unspecified atom stereocenters. The van der Waals surface area contributed by atoms with Crippen molar-refractivity contribution in [2.75, 3.05) is 12.4 Å². The van der Waals surface area contributed by atoms with Crippen molar-refractivity contribution in [2.24, 2.45) is 11.7 Å². The first kappa shape index (κ1) is 11.6. The van der Waals surface area contributed by atoms with Crippen LogP contribution in [0.5, 0.6) is 5.88 Å². The quantitative estimate of drug-likeness (QED) is 0.761. The molecule has 3 N–H and O–H groups in total. The summed E-state index contributed by atoms with van der Waals surface area (Å²) in [4.78, 5) is 15.8. The maximum Gasteiger partial charge on any atom is 0.231 e. The van der Waals surface area contributed by atoms with E-state index in [-0.39, 0.29) is 17.9 Å². The number of nitrogens with two attached hydrogens (primary N) is 1. The molecule has 1 heterocycles. The average Bonchev–Trinajstić information content (AvgIpc) is 2.77. The van der Waals surface area contributed by atoms with E-state index < -0.39 is 0 Å². The van der Waals surface area contributed by atoms with Crippen molar-refractivity contribution in [2.45, 2.75) is 12.5 Å². The number of carbonyl (C=O) groups is 1. The number of rotatable bonds is 3. The van der Waals surface area contributed by atoms with Crippen molar-refractivity contribution in [3.63, 3.8) is 0 Å². The van der Waals surface area contributed by atoms with Crippen LogP contribution in [0.25, 0.3) is 0 Å². The maximum absolute atomic E-state index is 11.8. The van der Waals surface area contributed by atoms with Gasteiger partial charge in [0.2, 0.25) is 11.8 Å². The molecule has 90 valence electrons. The van der Waals surface area contributed by atoms with Crippen molar-refractivity contribution in [1.82, 2.24) is 4.98 Å². The van der Waals surface area contributed by atoms with Gasteiger partial charge in [0.1, 0.15) is 0 Å². The highest BCUT2D eigenvalue weighted by Crippen LogP contribution is 2.19. The lowest BCUT2D eigenvalue weighted by atomic mass is 10.1. The van der Waals surface area contributed by atoms with E-state index in [9.17, 15) is 4.79 Å². The summed E-state index contributed by atoms with van der Waals surface area (Å²) in [6.45, 7) is 0. The molecule has 1 aliphatic carbocycles. The molecule has 5 nitrogen and oxygen atoms in total. The smallest absolute Gasteiger partial charge is 0.231 e. The first-order valence-corrected chi connectivity index (χ1v) is 5.44. The highest BCUT2D eigenvalue weighted by Gasteiger charge is 2.22. The van der Waals surface area contributed by atoms with E-state index in [1.54, 1.807) is 25.4 Å². The van der Waals surface area contributed by atoms with E-state index in [2.05, 4.69) is 10.3 Å². The molecule has 1 aromatic heterocycles. The number of aromatic nitrogens is 1. The Morgan fingerprint density at radius 2 is 2.35 bits per heavy atom. The summed E-state index contributed by atoms with van der Waals surface area (Å²) in [6, 6.07) is 3.44. The van der Waals surface area contributed by atoms with Gasteiger partial charge in [-0.3, -0.25) is 4.79 Å². The van der Waals surface area contributed by atoms with Crippen molar-refractivity contribution >= 4 is 11.6 Å². The topological polar surface area (TPSA) is 77.2 Å². The minimum atomic E-state index is -0.146. The van der Waals surface area contributed by atoms with E-state index in [4.69, 9.17) is 10.5 Å². The molecule has 5 heteroatoms. The lowest BCUT2D eigenvalue weighted by molar-refractivity contribution is -0.118. The van der Waals surface area contributed by atoms with E-state index in [0.29, 0.717) is 18.0 Å². The van der Waals surface area contributed by atoms with Crippen molar-refractivity contribution in [1.29, 1.82) is 0 Å². The summed E-state index contributed by atoms with van der Waals surface area (Å²) >= 11 is 0. The second-order valence-electron chi connectivity index (χ2n) is 3.97. The molecular formula is C12H15N3O2. The molecule has 0 saturated carbocycles. The van der Waals surface area contributed by atoms with Crippen LogP contribution in [0, 0.1) is 5.92 Å². The van der Waals surface area contributed by atoms with Crippen molar-refractivity contribution in [3.8, 4) is 5.88 Å². The molecule has 17 heavy (non-hydrogen) atoms. The summed E-state index contributed by atoms with van der Waals surface area (Å²) < 4.78 is 4.94. The minimum absolute atomic E-state index is 0.0141. The van der Waals surface area contributed by atoms with Crippen molar-refractivity contribution in [3.05, 3.63) is 30.5 Å². The Morgan fingerprint density at radius 1 is 1.53 bits per heavy atom. The van der Waals surface area contributed by atoms with E-state index in [1.165, 1.54) is 0 Å². The number of hydrogen-bond donors (Lipinski definition) is 2. The van der Waals surface area contributed by atoms with E-state index in [0.717, 1.165) is 0 Å². The standard InChI is InChI=1S/C12H15N3O2/c1-17-11-5-4-10(7-14-11)15-12(16)8-2-3-9(13)6-8/h2-5,7-9H,6,13H2,1H3,(H,15,16). The first-order chi connectivity index (χ1) is 8.19. The Bertz CT molecular complexity index is 428. The van der Waals surface area contributed by atoms with Gasteiger partial charge in [0, 0.05) is 12.1 Å². The highest BCUT2D eigenvalue weighted by molar-refractivity contribution is 5.93. The summed E-state index contributed by atoms with van der Waals surface area (Å²) in [5, 5.41) is 2.79. The van der Waals surface area contributed by atoms with Crippen LogP contribution in [0.15, 0.2) is 30.5 Å². The number of anilines is 1. The first-order valence-electron chi connectivity index (χ1n) is 5.44. The van der Waals surface area contributed by atoms with Gasteiger partial charge < -0.3 is 15.8 Å². The molecule has 0 spiro atoms. The molecule has 0 saturated heterocycles. The number of nitrogens with zero attached hydrogens (tertiary/aromatic N) is 1. The number of pyridine rings is 1. The van der Waals surface area contributed by atoms with Crippen LogP contribution >= 0.6 is 0 Å². The molecule has 0 aromatic carbocycles. The molecule has 0 aliphatic heterocycles. The van der Waals surface area contributed by atoms with Crippen molar-refractivity contribution < 1.29 is 9.53 Å². The van der Waals surface area contributed by atoms with Gasteiger partial charge in [-0.25, -0.2) is 4.98 Å². The summed E-state index contributed by atoms with van der Waals surface area (Å²) in [5.74, 6) is 0.319. The fourth-order valence-corrected chi connectivity index (χ4v) is 1.73. The second kappa shape index (κ2) is 4.97. The fourth-order valence-electron chi connectivity index (χ4n) is 1.73. The Balaban J connectivity index is 1.96. The normalized spacial score (nSPS) is 22.5. The monoisotopic (exact) mass is 233 g/mol. The number of hydrogen-bond acceptors (Lipinski definition) is 4. The predicted molar refractivity (Wildman–Crippen MR) is 64.6 cm³/mol. The maximum atomic E-state index is 11.8. The van der Waals surface area contributed by atoms with Gasteiger partial charge in [-0.1, -0.05) is 12.2 Å². The third-order valence-electron chi connectivity index (χ3n) is 2.67. The average molecular weight is 233 g/mol. The lowest BCUT2D eigenvalue weighted by Gasteiger charge is -2.10. The zero-order valence-corrected chi connectivity index (χ0v) is 9.59. The zero-order valence-electron chi connectivity index (χ0n) is 9.59. The minimum Gasteiger partial charge on any atom is -0.481 e. The number of methoxy groups -OCH3 is 1. The summed E-state index contributed by atoms with van der Waals surface area (Å²) in [6.07, 6.45) is 5.93. The van der Waals surface area contributed by atoms with Crippen LogP contribution in [-0.2, 0) is 4.79 Å².